The Hall–Kier alpha value is -0.610. The van der Waals surface area contributed by atoms with Gasteiger partial charge in [0.15, 0.2) is 0 Å². The van der Waals surface area contributed by atoms with Crippen molar-refractivity contribution in [3.63, 3.8) is 0 Å². The minimum atomic E-state index is -0.296. The summed E-state index contributed by atoms with van der Waals surface area (Å²) in [5.41, 5.74) is 0.479. The first-order chi connectivity index (χ1) is 7.67. The Bertz CT molecular complexity index is 252. The van der Waals surface area contributed by atoms with E-state index in [2.05, 4.69) is 5.32 Å². The van der Waals surface area contributed by atoms with Gasteiger partial charge in [0.1, 0.15) is 6.10 Å². The highest BCUT2D eigenvalue weighted by Crippen LogP contribution is 2.36. The number of hydrogen-bond donors (Lipinski definition) is 1. The fraction of sp³-hybridized carbons (Fsp3) is 0.917. The molecule has 0 aromatic carbocycles. The van der Waals surface area contributed by atoms with E-state index in [1.54, 1.807) is 7.11 Å². The van der Waals surface area contributed by atoms with E-state index in [1.807, 2.05) is 11.8 Å². The summed E-state index contributed by atoms with van der Waals surface area (Å²) >= 11 is 0. The summed E-state index contributed by atoms with van der Waals surface area (Å²) < 4.78 is 5.08. The monoisotopic (exact) mass is 226 g/mol. The Morgan fingerprint density at radius 3 is 2.56 bits per heavy atom. The molecule has 2 aliphatic rings. The lowest BCUT2D eigenvalue weighted by Crippen LogP contribution is -2.47. The average molecular weight is 226 g/mol. The molecule has 0 aliphatic carbocycles. The van der Waals surface area contributed by atoms with E-state index >= 15 is 0 Å². The number of methoxy groups -OCH3 is 1. The zero-order valence-corrected chi connectivity index (χ0v) is 10.3. The van der Waals surface area contributed by atoms with Gasteiger partial charge in [0.25, 0.3) is 5.91 Å². The number of amides is 1. The molecule has 4 heteroatoms. The van der Waals surface area contributed by atoms with Gasteiger partial charge in [0.05, 0.1) is 0 Å². The largest absolute Gasteiger partial charge is 0.372 e. The number of hydrogen-bond acceptors (Lipinski definition) is 3. The van der Waals surface area contributed by atoms with E-state index in [4.69, 9.17) is 4.74 Å². The molecule has 0 bridgehead atoms. The van der Waals surface area contributed by atoms with Crippen LogP contribution < -0.4 is 5.32 Å². The predicted octanol–water partition coefficient (Wildman–Crippen LogP) is 0.623. The smallest absolute Gasteiger partial charge is 0.251 e. The van der Waals surface area contributed by atoms with Crippen LogP contribution in [0.2, 0.25) is 0 Å². The molecule has 1 spiro atoms. The number of piperidine rings is 1. The molecular formula is C12H22N2O2. The zero-order chi connectivity index (χ0) is 11.6. The maximum Gasteiger partial charge on any atom is 0.251 e. The van der Waals surface area contributed by atoms with Crippen LogP contribution in [0.3, 0.4) is 0 Å². The van der Waals surface area contributed by atoms with Gasteiger partial charge < -0.3 is 15.0 Å². The third kappa shape index (κ3) is 2.23. The number of ether oxygens (including phenoxy) is 1. The Balaban J connectivity index is 1.87. The van der Waals surface area contributed by atoms with Crippen LogP contribution in [0.15, 0.2) is 0 Å². The highest BCUT2D eigenvalue weighted by molar-refractivity contribution is 5.80. The molecule has 0 saturated carbocycles. The van der Waals surface area contributed by atoms with Crippen molar-refractivity contribution >= 4 is 5.91 Å². The van der Waals surface area contributed by atoms with Crippen LogP contribution in [0.4, 0.5) is 0 Å². The molecule has 2 saturated heterocycles. The van der Waals surface area contributed by atoms with E-state index in [0.29, 0.717) is 5.41 Å². The van der Waals surface area contributed by atoms with Crippen LogP contribution in [0.25, 0.3) is 0 Å². The molecule has 1 N–H and O–H groups in total. The van der Waals surface area contributed by atoms with Crippen LogP contribution in [0, 0.1) is 5.41 Å². The molecule has 1 amide bonds. The first-order valence-electron chi connectivity index (χ1n) is 6.19. The fourth-order valence-corrected chi connectivity index (χ4v) is 2.78. The summed E-state index contributed by atoms with van der Waals surface area (Å²) in [5, 5.41) is 3.43. The summed E-state index contributed by atoms with van der Waals surface area (Å²) in [6.45, 7) is 5.89. The van der Waals surface area contributed by atoms with Crippen LogP contribution in [0.1, 0.15) is 26.2 Å². The van der Waals surface area contributed by atoms with Crippen LogP contribution in [0.5, 0.6) is 0 Å². The minimum absolute atomic E-state index is 0.142. The van der Waals surface area contributed by atoms with Crippen molar-refractivity contribution in [2.24, 2.45) is 5.41 Å². The van der Waals surface area contributed by atoms with Crippen molar-refractivity contribution < 1.29 is 9.53 Å². The van der Waals surface area contributed by atoms with Crippen molar-refractivity contribution in [2.45, 2.75) is 32.3 Å². The topological polar surface area (TPSA) is 41.6 Å². The molecule has 2 aliphatic heterocycles. The van der Waals surface area contributed by atoms with E-state index in [0.717, 1.165) is 39.0 Å². The van der Waals surface area contributed by atoms with Crippen LogP contribution in [-0.2, 0) is 9.53 Å². The van der Waals surface area contributed by atoms with E-state index in [-0.39, 0.29) is 12.0 Å². The van der Waals surface area contributed by atoms with E-state index in [1.165, 1.54) is 6.42 Å². The lowest BCUT2D eigenvalue weighted by molar-refractivity contribution is -0.143. The van der Waals surface area contributed by atoms with Crippen molar-refractivity contribution in [1.82, 2.24) is 10.2 Å². The number of nitrogens with zero attached hydrogens (tertiary/aromatic N) is 1. The zero-order valence-electron chi connectivity index (χ0n) is 10.3. The third-order valence-corrected chi connectivity index (χ3v) is 4.17. The normalized spacial score (nSPS) is 26.0. The first kappa shape index (κ1) is 11.9. The van der Waals surface area contributed by atoms with E-state index < -0.39 is 0 Å². The summed E-state index contributed by atoms with van der Waals surface area (Å²) in [5.74, 6) is 0.142. The molecule has 2 heterocycles. The Morgan fingerprint density at radius 1 is 1.38 bits per heavy atom. The van der Waals surface area contributed by atoms with Crippen LogP contribution in [-0.4, -0.2) is 50.2 Å². The Kier molecular flexibility index (Phi) is 3.50. The maximum absolute atomic E-state index is 11.9. The van der Waals surface area contributed by atoms with Gasteiger partial charge >= 0.3 is 0 Å². The number of carbonyl (C=O) groups excluding carboxylic acids is 1. The fourth-order valence-electron chi connectivity index (χ4n) is 2.78. The van der Waals surface area contributed by atoms with Crippen molar-refractivity contribution in [3.05, 3.63) is 0 Å². The van der Waals surface area contributed by atoms with Gasteiger partial charge in [-0.2, -0.15) is 0 Å². The molecule has 92 valence electrons. The lowest BCUT2D eigenvalue weighted by Gasteiger charge is -2.39. The molecule has 0 aromatic heterocycles. The molecule has 2 rings (SSSR count). The predicted molar refractivity (Wildman–Crippen MR) is 62.2 cm³/mol. The molecule has 2 fully saturated rings. The second-order valence-electron chi connectivity index (χ2n) is 5.13. The number of rotatable bonds is 2. The summed E-state index contributed by atoms with van der Waals surface area (Å²) in [6, 6.07) is 0. The molecule has 4 nitrogen and oxygen atoms in total. The number of likely N-dealkylation sites (tertiary alicyclic amines) is 1. The summed E-state index contributed by atoms with van der Waals surface area (Å²) in [7, 11) is 1.59. The summed E-state index contributed by atoms with van der Waals surface area (Å²) in [6.07, 6.45) is 3.26. The second-order valence-corrected chi connectivity index (χ2v) is 5.13. The summed E-state index contributed by atoms with van der Waals surface area (Å²) in [4.78, 5) is 13.9. The van der Waals surface area contributed by atoms with Gasteiger partial charge in [-0.05, 0) is 38.1 Å². The number of nitrogens with one attached hydrogen (secondary N) is 1. The van der Waals surface area contributed by atoms with Gasteiger partial charge in [-0.3, -0.25) is 4.79 Å². The second kappa shape index (κ2) is 4.72. The van der Waals surface area contributed by atoms with Crippen LogP contribution >= 0.6 is 0 Å². The van der Waals surface area contributed by atoms with Gasteiger partial charge in [0, 0.05) is 26.7 Å². The van der Waals surface area contributed by atoms with Crippen molar-refractivity contribution in [2.75, 3.05) is 33.3 Å². The Morgan fingerprint density at radius 2 is 2.06 bits per heavy atom. The molecule has 1 atom stereocenters. The van der Waals surface area contributed by atoms with Gasteiger partial charge in [-0.15, -0.1) is 0 Å². The maximum atomic E-state index is 11.9. The molecule has 1 unspecified atom stereocenters. The SMILES string of the molecule is COC(C)C(=O)N1CCC2(CCNC2)CC1. The van der Waals surface area contributed by atoms with Crippen molar-refractivity contribution in [1.29, 1.82) is 0 Å². The lowest BCUT2D eigenvalue weighted by atomic mass is 9.78. The molecule has 0 aromatic rings. The number of carbonyl (C=O) groups is 1. The van der Waals surface area contributed by atoms with Crippen molar-refractivity contribution in [3.8, 4) is 0 Å². The van der Waals surface area contributed by atoms with Gasteiger partial charge in [0.2, 0.25) is 0 Å². The standard InChI is InChI=1S/C12H22N2O2/c1-10(16-2)11(15)14-7-4-12(5-8-14)3-6-13-9-12/h10,13H,3-9H2,1-2H3. The molecular weight excluding hydrogens is 204 g/mol. The van der Waals surface area contributed by atoms with E-state index in [9.17, 15) is 4.79 Å². The van der Waals surface area contributed by atoms with Gasteiger partial charge in [-0.25, -0.2) is 0 Å². The third-order valence-electron chi connectivity index (χ3n) is 4.17. The highest BCUT2D eigenvalue weighted by Gasteiger charge is 2.38. The molecule has 16 heavy (non-hydrogen) atoms. The quantitative estimate of drug-likeness (QED) is 0.750. The molecule has 0 radical (unpaired) electrons. The average Bonchev–Trinajstić information content (AvgIpc) is 2.77. The first-order valence-corrected chi connectivity index (χ1v) is 6.19. The van der Waals surface area contributed by atoms with Gasteiger partial charge in [-0.1, -0.05) is 0 Å². The minimum Gasteiger partial charge on any atom is -0.372 e. The highest BCUT2D eigenvalue weighted by atomic mass is 16.5. The Labute approximate surface area is 97.3 Å².